The molecule has 0 unspecified atom stereocenters. The number of likely N-dealkylation sites (N-methyl/N-ethyl adjacent to an activating group) is 1. The average Bonchev–Trinajstić information content (AvgIpc) is 3.01. The maximum atomic E-state index is 13.5. The number of amides is 3. The molecule has 3 rings (SSSR count). The lowest BCUT2D eigenvalue weighted by molar-refractivity contribution is -0.142. The zero-order valence-electron chi connectivity index (χ0n) is 17.2. The molecule has 0 saturated carbocycles. The molecule has 1 fully saturated rings. The van der Waals surface area contributed by atoms with E-state index in [1.165, 1.54) is 9.80 Å². The first kappa shape index (κ1) is 21.6. The van der Waals surface area contributed by atoms with E-state index in [0.717, 1.165) is 5.69 Å². The Balaban J connectivity index is 1.88. The maximum Gasteiger partial charge on any atom is 0.240 e. The molecule has 2 aromatic rings. The van der Waals surface area contributed by atoms with Crippen LogP contribution in [0.2, 0.25) is 0 Å². The minimum atomic E-state index is -1.22. The van der Waals surface area contributed by atoms with E-state index in [9.17, 15) is 19.5 Å². The van der Waals surface area contributed by atoms with Gasteiger partial charge in [0, 0.05) is 50.8 Å². The molecule has 1 aromatic heterocycles. The first-order valence-electron chi connectivity index (χ1n) is 10.2. The van der Waals surface area contributed by atoms with Crippen molar-refractivity contribution in [3.05, 3.63) is 66.0 Å². The number of carbonyl (C=O) groups is 3. The molecule has 7 heteroatoms. The number of pyridine rings is 1. The van der Waals surface area contributed by atoms with Crippen LogP contribution < -0.4 is 0 Å². The van der Waals surface area contributed by atoms with Crippen LogP contribution in [0.4, 0.5) is 0 Å². The zero-order chi connectivity index (χ0) is 21.6. The minimum Gasteiger partial charge on any atom is -0.395 e. The van der Waals surface area contributed by atoms with Gasteiger partial charge in [0.05, 0.1) is 12.0 Å². The van der Waals surface area contributed by atoms with E-state index in [1.54, 1.807) is 30.5 Å². The van der Waals surface area contributed by atoms with Crippen molar-refractivity contribution in [3.8, 4) is 0 Å². The molecule has 2 heterocycles. The Labute approximate surface area is 176 Å². The van der Waals surface area contributed by atoms with Gasteiger partial charge in [-0.25, -0.2) is 0 Å². The lowest BCUT2D eigenvalue weighted by Crippen LogP contribution is -2.44. The Morgan fingerprint density at radius 3 is 2.53 bits per heavy atom. The summed E-state index contributed by atoms with van der Waals surface area (Å²) in [5.74, 6) is -0.871. The number of imide groups is 1. The highest BCUT2D eigenvalue weighted by Gasteiger charge is 2.53. The quantitative estimate of drug-likeness (QED) is 0.635. The molecule has 0 radical (unpaired) electrons. The Hall–Kier alpha value is -3.06. The third-order valence-corrected chi connectivity index (χ3v) is 5.61. The van der Waals surface area contributed by atoms with Crippen molar-refractivity contribution in [2.75, 3.05) is 26.2 Å². The van der Waals surface area contributed by atoms with E-state index in [0.29, 0.717) is 18.5 Å². The number of aromatic nitrogens is 1. The highest BCUT2D eigenvalue weighted by atomic mass is 16.3. The molecular weight excluding hydrogens is 382 g/mol. The monoisotopic (exact) mass is 409 g/mol. The highest BCUT2D eigenvalue weighted by molar-refractivity contribution is 6.10. The van der Waals surface area contributed by atoms with E-state index in [4.69, 9.17) is 0 Å². The van der Waals surface area contributed by atoms with Crippen LogP contribution in [0.5, 0.6) is 0 Å². The van der Waals surface area contributed by atoms with Crippen molar-refractivity contribution in [3.63, 3.8) is 0 Å². The smallest absolute Gasteiger partial charge is 0.240 e. The fraction of sp³-hybridized carbons (Fsp3) is 0.391. The molecule has 1 aromatic carbocycles. The van der Waals surface area contributed by atoms with Crippen LogP contribution in [0.3, 0.4) is 0 Å². The van der Waals surface area contributed by atoms with Gasteiger partial charge < -0.3 is 10.0 Å². The van der Waals surface area contributed by atoms with Crippen molar-refractivity contribution in [1.82, 2.24) is 14.8 Å². The molecule has 1 aliphatic heterocycles. The van der Waals surface area contributed by atoms with E-state index in [-0.39, 0.29) is 50.3 Å². The summed E-state index contributed by atoms with van der Waals surface area (Å²) < 4.78 is 0. The Morgan fingerprint density at radius 2 is 1.90 bits per heavy atom. The molecular formula is C23H27N3O4. The molecule has 30 heavy (non-hydrogen) atoms. The van der Waals surface area contributed by atoms with E-state index in [1.807, 2.05) is 31.2 Å². The Morgan fingerprint density at radius 1 is 1.17 bits per heavy atom. The van der Waals surface area contributed by atoms with Gasteiger partial charge in [0.15, 0.2) is 0 Å². The lowest BCUT2D eigenvalue weighted by Gasteiger charge is -2.30. The summed E-state index contributed by atoms with van der Waals surface area (Å²) >= 11 is 0. The first-order valence-corrected chi connectivity index (χ1v) is 10.2. The summed E-state index contributed by atoms with van der Waals surface area (Å²) in [6.45, 7) is 2.53. The van der Waals surface area contributed by atoms with Crippen LogP contribution in [0.15, 0.2) is 54.7 Å². The largest absolute Gasteiger partial charge is 0.395 e. The predicted molar refractivity (Wildman–Crippen MR) is 111 cm³/mol. The third-order valence-electron chi connectivity index (χ3n) is 5.61. The van der Waals surface area contributed by atoms with Crippen LogP contribution in [-0.2, 0) is 26.2 Å². The van der Waals surface area contributed by atoms with Gasteiger partial charge in [0.1, 0.15) is 0 Å². The summed E-state index contributed by atoms with van der Waals surface area (Å²) in [4.78, 5) is 46.4. The third kappa shape index (κ3) is 4.41. The number of likely N-dealkylation sites (tertiary alicyclic amines) is 1. The van der Waals surface area contributed by atoms with Crippen molar-refractivity contribution >= 4 is 17.7 Å². The van der Waals surface area contributed by atoms with Crippen LogP contribution in [0.25, 0.3) is 0 Å². The van der Waals surface area contributed by atoms with Gasteiger partial charge in [-0.1, -0.05) is 36.4 Å². The fourth-order valence-electron chi connectivity index (χ4n) is 3.97. The van der Waals surface area contributed by atoms with Gasteiger partial charge in [-0.3, -0.25) is 24.3 Å². The van der Waals surface area contributed by atoms with Crippen molar-refractivity contribution < 1.29 is 19.5 Å². The molecule has 3 amide bonds. The number of benzene rings is 1. The van der Waals surface area contributed by atoms with Gasteiger partial charge >= 0.3 is 0 Å². The molecule has 1 N–H and O–H groups in total. The number of hydrogen-bond donors (Lipinski definition) is 1. The summed E-state index contributed by atoms with van der Waals surface area (Å²) in [5, 5.41) is 9.24. The second-order valence-corrected chi connectivity index (χ2v) is 7.42. The second kappa shape index (κ2) is 9.63. The van der Waals surface area contributed by atoms with E-state index < -0.39 is 5.41 Å². The van der Waals surface area contributed by atoms with Gasteiger partial charge in [0.2, 0.25) is 17.7 Å². The number of nitrogens with zero attached hydrogens (tertiary/aromatic N) is 3. The standard InChI is InChI=1S/C23H27N3O4/c1-2-25(14-15-27)20(28)16-23(18-8-4-3-5-9-18)17-21(29)26(22(23)30)13-11-19-10-6-7-12-24-19/h3-10,12,27H,2,11,13-17H2,1H3/t23-/m1/s1. The maximum absolute atomic E-state index is 13.5. The van der Waals surface area contributed by atoms with Gasteiger partial charge in [-0.15, -0.1) is 0 Å². The number of rotatable bonds is 9. The van der Waals surface area contributed by atoms with Crippen LogP contribution in [-0.4, -0.2) is 63.9 Å². The molecule has 158 valence electrons. The molecule has 1 atom stereocenters. The Kier molecular flexibility index (Phi) is 6.95. The first-order chi connectivity index (χ1) is 14.5. The predicted octanol–water partition coefficient (Wildman–Crippen LogP) is 1.55. The highest BCUT2D eigenvalue weighted by Crippen LogP contribution is 2.40. The number of hydrogen-bond acceptors (Lipinski definition) is 5. The van der Waals surface area contributed by atoms with Crippen LogP contribution in [0.1, 0.15) is 31.0 Å². The summed E-state index contributed by atoms with van der Waals surface area (Å²) in [5.41, 5.74) is 0.242. The van der Waals surface area contributed by atoms with E-state index in [2.05, 4.69) is 4.98 Å². The topological polar surface area (TPSA) is 90.8 Å². The van der Waals surface area contributed by atoms with Crippen LogP contribution in [0, 0.1) is 0 Å². The van der Waals surface area contributed by atoms with E-state index >= 15 is 0 Å². The van der Waals surface area contributed by atoms with Crippen LogP contribution >= 0.6 is 0 Å². The SMILES string of the molecule is CCN(CCO)C(=O)C[C@]1(c2ccccc2)CC(=O)N(CCc2ccccn2)C1=O. The Bertz CT molecular complexity index is 888. The minimum absolute atomic E-state index is 0.0412. The fourth-order valence-corrected chi connectivity index (χ4v) is 3.97. The van der Waals surface area contributed by atoms with Gasteiger partial charge in [0.25, 0.3) is 0 Å². The lowest BCUT2D eigenvalue weighted by atomic mass is 9.75. The summed E-state index contributed by atoms with van der Waals surface area (Å²) in [6.07, 6.45) is 2.00. The number of aliphatic hydroxyl groups excluding tert-OH is 1. The van der Waals surface area contributed by atoms with Crippen molar-refractivity contribution in [2.45, 2.75) is 31.6 Å². The molecule has 1 aliphatic rings. The summed E-state index contributed by atoms with van der Waals surface area (Å²) in [7, 11) is 0. The van der Waals surface area contributed by atoms with Gasteiger partial charge in [-0.2, -0.15) is 0 Å². The average molecular weight is 409 g/mol. The van der Waals surface area contributed by atoms with Crippen molar-refractivity contribution in [1.29, 1.82) is 0 Å². The zero-order valence-corrected chi connectivity index (χ0v) is 17.2. The second-order valence-electron chi connectivity index (χ2n) is 7.42. The number of carbonyl (C=O) groups excluding carboxylic acids is 3. The molecule has 0 spiro atoms. The molecule has 1 saturated heterocycles. The summed E-state index contributed by atoms with van der Waals surface area (Å²) in [6, 6.07) is 14.6. The number of aliphatic hydroxyl groups is 1. The molecule has 0 bridgehead atoms. The van der Waals surface area contributed by atoms with Gasteiger partial charge in [-0.05, 0) is 24.6 Å². The normalized spacial score (nSPS) is 18.7. The molecule has 7 nitrogen and oxygen atoms in total. The molecule has 0 aliphatic carbocycles. The van der Waals surface area contributed by atoms with Crippen molar-refractivity contribution in [2.24, 2.45) is 0 Å².